The van der Waals surface area contributed by atoms with Crippen LogP contribution in [-0.2, 0) is 17.6 Å². The van der Waals surface area contributed by atoms with Crippen LogP contribution < -0.4 is 0 Å². The van der Waals surface area contributed by atoms with Crippen molar-refractivity contribution in [2.45, 2.75) is 45.3 Å². The van der Waals surface area contributed by atoms with Crippen molar-refractivity contribution >= 4 is 17.3 Å². The Morgan fingerprint density at radius 3 is 2.38 bits per heavy atom. The summed E-state index contributed by atoms with van der Waals surface area (Å²) in [5.74, 6) is -0.335. The summed E-state index contributed by atoms with van der Waals surface area (Å²) >= 11 is 0. The van der Waals surface area contributed by atoms with Crippen LogP contribution >= 0.6 is 0 Å². The van der Waals surface area contributed by atoms with Crippen LogP contribution in [0.1, 0.15) is 42.9 Å². The lowest BCUT2D eigenvalue weighted by Gasteiger charge is -2.21. The van der Waals surface area contributed by atoms with Gasteiger partial charge in [0, 0.05) is 19.4 Å². The zero-order valence-electron chi connectivity index (χ0n) is 15.5. The van der Waals surface area contributed by atoms with E-state index in [2.05, 4.69) is 30.1 Å². The van der Waals surface area contributed by atoms with Crippen molar-refractivity contribution in [3.05, 3.63) is 59.2 Å². The Morgan fingerprint density at radius 2 is 1.73 bits per heavy atom. The molecule has 1 N–H and O–H groups in total. The molecule has 136 valence electrons. The molecule has 0 aromatic heterocycles. The Morgan fingerprint density at radius 1 is 1.04 bits per heavy atom. The number of likely N-dealkylation sites (tertiary alicyclic amines) is 1. The molecule has 3 rings (SSSR count). The Hall–Kier alpha value is -2.53. The predicted octanol–water partition coefficient (Wildman–Crippen LogP) is 4.49. The van der Waals surface area contributed by atoms with Crippen LogP contribution in [0.3, 0.4) is 0 Å². The maximum absolute atomic E-state index is 12.0. The number of aryl methyl sites for hydroxylation is 2. The first-order chi connectivity index (χ1) is 12.6. The van der Waals surface area contributed by atoms with E-state index in [0.29, 0.717) is 6.42 Å². The molecule has 0 bridgehead atoms. The quantitative estimate of drug-likeness (QED) is 0.807. The zero-order valence-corrected chi connectivity index (χ0v) is 15.5. The minimum absolute atomic E-state index is 0.0522. The number of hydrogen-bond donors (Lipinski definition) is 1. The number of aliphatic hydroxyl groups excluding tert-OH is 1. The Balaban J connectivity index is 2.03. The molecule has 1 saturated heterocycles. The summed E-state index contributed by atoms with van der Waals surface area (Å²) in [5, 5.41) is 19.5. The molecule has 1 amide bonds. The van der Waals surface area contributed by atoms with Crippen molar-refractivity contribution in [3.63, 3.8) is 0 Å². The number of carbonyl (C=O) groups is 1. The third-order valence-corrected chi connectivity index (χ3v) is 5.11. The Kier molecular flexibility index (Phi) is 5.47. The molecule has 26 heavy (non-hydrogen) atoms. The van der Waals surface area contributed by atoms with Crippen LogP contribution in [0.25, 0.3) is 0 Å². The lowest BCUT2D eigenvalue weighted by atomic mass is 9.92. The van der Waals surface area contributed by atoms with E-state index in [9.17, 15) is 9.90 Å². The third-order valence-electron chi connectivity index (χ3n) is 5.11. The van der Waals surface area contributed by atoms with Crippen LogP contribution in [0.5, 0.6) is 0 Å². The largest absolute Gasteiger partial charge is 0.373 e. The lowest BCUT2D eigenvalue weighted by molar-refractivity contribution is -0.131. The van der Waals surface area contributed by atoms with Gasteiger partial charge in [-0.1, -0.05) is 50.2 Å². The van der Waals surface area contributed by atoms with Crippen molar-refractivity contribution < 1.29 is 9.90 Å². The summed E-state index contributed by atoms with van der Waals surface area (Å²) in [6.45, 7) is 4.16. The van der Waals surface area contributed by atoms with Crippen LogP contribution in [-0.4, -0.2) is 29.2 Å². The fraction of sp³-hybridized carbons (Fsp3) is 0.381. The maximum atomic E-state index is 12.0. The fourth-order valence-electron chi connectivity index (χ4n) is 3.45. The van der Waals surface area contributed by atoms with Gasteiger partial charge in [-0.15, -0.1) is 5.11 Å². The van der Waals surface area contributed by atoms with Gasteiger partial charge in [0.05, 0.1) is 11.4 Å². The van der Waals surface area contributed by atoms with Gasteiger partial charge >= 0.3 is 0 Å². The molecule has 2 unspecified atom stereocenters. The van der Waals surface area contributed by atoms with Gasteiger partial charge in [0.2, 0.25) is 5.91 Å². The van der Waals surface area contributed by atoms with E-state index >= 15 is 0 Å². The van der Waals surface area contributed by atoms with E-state index < -0.39 is 6.23 Å². The molecule has 0 saturated carbocycles. The van der Waals surface area contributed by atoms with Crippen molar-refractivity contribution in [2.24, 2.45) is 10.2 Å². The monoisotopic (exact) mass is 351 g/mol. The van der Waals surface area contributed by atoms with Gasteiger partial charge in [0.15, 0.2) is 0 Å². The van der Waals surface area contributed by atoms with Gasteiger partial charge in [0.1, 0.15) is 6.23 Å². The van der Waals surface area contributed by atoms with Crippen LogP contribution in [0, 0.1) is 0 Å². The maximum Gasteiger partial charge on any atom is 0.225 e. The first-order valence-electron chi connectivity index (χ1n) is 9.12. The number of benzene rings is 2. The fourth-order valence-corrected chi connectivity index (χ4v) is 3.45. The number of azo groups is 1. The van der Waals surface area contributed by atoms with E-state index in [-0.39, 0.29) is 11.8 Å². The molecule has 1 fully saturated rings. The second-order valence-corrected chi connectivity index (χ2v) is 6.62. The van der Waals surface area contributed by atoms with E-state index in [1.54, 1.807) is 7.05 Å². The van der Waals surface area contributed by atoms with Gasteiger partial charge in [-0.05, 0) is 35.6 Å². The third kappa shape index (κ3) is 3.40. The van der Waals surface area contributed by atoms with E-state index in [1.807, 2.05) is 36.4 Å². The summed E-state index contributed by atoms with van der Waals surface area (Å²) in [5.41, 5.74) is 4.71. The Labute approximate surface area is 154 Å². The summed E-state index contributed by atoms with van der Waals surface area (Å²) in [6, 6.07) is 13.9. The molecular formula is C21H25N3O2. The molecule has 1 aliphatic rings. The summed E-state index contributed by atoms with van der Waals surface area (Å²) < 4.78 is 0. The van der Waals surface area contributed by atoms with Gasteiger partial charge in [-0.3, -0.25) is 4.79 Å². The summed E-state index contributed by atoms with van der Waals surface area (Å²) in [6.07, 6.45) is 1.16. The highest BCUT2D eigenvalue weighted by atomic mass is 16.3. The number of rotatable bonds is 5. The minimum Gasteiger partial charge on any atom is -0.373 e. The van der Waals surface area contributed by atoms with Crippen LogP contribution in [0.4, 0.5) is 11.4 Å². The molecule has 2 atom stereocenters. The lowest BCUT2D eigenvalue weighted by Crippen LogP contribution is -2.30. The summed E-state index contributed by atoms with van der Waals surface area (Å²) in [4.78, 5) is 13.4. The van der Waals surface area contributed by atoms with Crippen LogP contribution in [0.15, 0.2) is 52.7 Å². The van der Waals surface area contributed by atoms with E-state index in [4.69, 9.17) is 0 Å². The number of amides is 1. The minimum atomic E-state index is -0.827. The molecule has 0 aliphatic carbocycles. The Bertz CT molecular complexity index is 832. The molecule has 0 radical (unpaired) electrons. The molecule has 2 aromatic rings. The van der Waals surface area contributed by atoms with Crippen molar-refractivity contribution in [1.82, 2.24) is 4.90 Å². The molecule has 1 heterocycles. The SMILES string of the molecule is CCc1ccccc1/N=N/c1c(CC)cccc1C1CC(=O)N(C)C1O. The van der Waals surface area contributed by atoms with E-state index in [0.717, 1.165) is 40.9 Å². The smallest absolute Gasteiger partial charge is 0.225 e. The second-order valence-electron chi connectivity index (χ2n) is 6.62. The highest BCUT2D eigenvalue weighted by molar-refractivity contribution is 5.80. The normalized spacial score (nSPS) is 20.3. The first kappa shape index (κ1) is 18.3. The van der Waals surface area contributed by atoms with Crippen molar-refractivity contribution in [3.8, 4) is 0 Å². The van der Waals surface area contributed by atoms with Gasteiger partial charge in [0.25, 0.3) is 0 Å². The summed E-state index contributed by atoms with van der Waals surface area (Å²) in [7, 11) is 1.63. The molecule has 2 aromatic carbocycles. The number of nitrogens with zero attached hydrogens (tertiary/aromatic N) is 3. The zero-order chi connectivity index (χ0) is 18.7. The predicted molar refractivity (Wildman–Crippen MR) is 102 cm³/mol. The molecular weight excluding hydrogens is 326 g/mol. The van der Waals surface area contributed by atoms with Gasteiger partial charge in [-0.25, -0.2) is 0 Å². The molecule has 0 spiro atoms. The van der Waals surface area contributed by atoms with Crippen molar-refractivity contribution in [1.29, 1.82) is 0 Å². The topological polar surface area (TPSA) is 65.3 Å². The highest BCUT2D eigenvalue weighted by Gasteiger charge is 2.38. The number of hydrogen-bond acceptors (Lipinski definition) is 4. The van der Waals surface area contributed by atoms with Crippen LogP contribution in [0.2, 0.25) is 0 Å². The average Bonchev–Trinajstić information content (AvgIpc) is 2.93. The molecule has 5 nitrogen and oxygen atoms in total. The number of carbonyl (C=O) groups excluding carboxylic acids is 1. The first-order valence-corrected chi connectivity index (χ1v) is 9.12. The van der Waals surface area contributed by atoms with E-state index in [1.165, 1.54) is 4.90 Å². The standard InChI is InChI=1S/C21H25N3O2/c1-4-14-9-6-7-12-18(14)22-23-20-15(5-2)10-8-11-16(20)17-13-19(25)24(3)21(17)26/h6-12,17,21,26H,4-5,13H2,1-3H3/b23-22+. The number of likely N-dealkylation sites (N-methyl/N-ethyl adjacent to an activating group) is 1. The van der Waals surface area contributed by atoms with Gasteiger partial charge < -0.3 is 10.0 Å². The number of aliphatic hydroxyl groups is 1. The average molecular weight is 351 g/mol. The van der Waals surface area contributed by atoms with Gasteiger partial charge in [-0.2, -0.15) is 5.11 Å². The molecule has 1 aliphatic heterocycles. The highest BCUT2D eigenvalue weighted by Crippen LogP contribution is 2.40. The second kappa shape index (κ2) is 7.79. The molecule has 5 heteroatoms. The van der Waals surface area contributed by atoms with Crippen molar-refractivity contribution in [2.75, 3.05) is 7.05 Å².